The van der Waals surface area contributed by atoms with Crippen LogP contribution in [0.25, 0.3) is 11.5 Å². The highest BCUT2D eigenvalue weighted by molar-refractivity contribution is 7.17. The first-order valence-corrected chi connectivity index (χ1v) is 11.3. The van der Waals surface area contributed by atoms with Crippen LogP contribution < -0.4 is 5.32 Å². The Balaban J connectivity index is 1.58. The summed E-state index contributed by atoms with van der Waals surface area (Å²) in [5, 5.41) is 8.07. The Kier molecular flexibility index (Phi) is 4.46. The first-order chi connectivity index (χ1) is 14.0. The van der Waals surface area contributed by atoms with E-state index in [-0.39, 0.29) is 11.3 Å². The standard InChI is InChI=1S/C22H25N3O3S/c1-22(2)10-4-7-15-17(22)16(20-23-18(25-28-20)12-8-9-12)21(29-15)24-19(27)14-6-3-5-13(14)11-26/h11-12H,3-10H2,1-2H3,(H,24,27). The molecule has 0 unspecified atom stereocenters. The molecule has 1 amide bonds. The maximum atomic E-state index is 13.0. The van der Waals surface area contributed by atoms with Gasteiger partial charge in [0.15, 0.2) is 5.82 Å². The summed E-state index contributed by atoms with van der Waals surface area (Å²) in [7, 11) is 0. The van der Waals surface area contributed by atoms with Crippen LogP contribution in [-0.2, 0) is 21.4 Å². The summed E-state index contributed by atoms with van der Waals surface area (Å²) in [6.07, 6.45) is 8.44. The summed E-state index contributed by atoms with van der Waals surface area (Å²) < 4.78 is 5.69. The van der Waals surface area contributed by atoms with Gasteiger partial charge in [0.2, 0.25) is 0 Å². The van der Waals surface area contributed by atoms with E-state index >= 15 is 0 Å². The number of anilines is 1. The molecule has 7 heteroatoms. The van der Waals surface area contributed by atoms with Crippen LogP contribution in [0.3, 0.4) is 0 Å². The normalized spacial score (nSPS) is 20.6. The van der Waals surface area contributed by atoms with Crippen molar-refractivity contribution in [3.05, 3.63) is 27.4 Å². The number of aldehydes is 1. The number of hydrogen-bond donors (Lipinski definition) is 1. The molecule has 0 aliphatic heterocycles. The van der Waals surface area contributed by atoms with Crippen LogP contribution in [-0.4, -0.2) is 22.3 Å². The van der Waals surface area contributed by atoms with Gasteiger partial charge in [-0.15, -0.1) is 11.3 Å². The van der Waals surface area contributed by atoms with Crippen molar-refractivity contribution in [1.82, 2.24) is 10.1 Å². The van der Waals surface area contributed by atoms with Gasteiger partial charge in [0.25, 0.3) is 11.8 Å². The van der Waals surface area contributed by atoms with Crippen molar-refractivity contribution in [2.75, 3.05) is 5.32 Å². The van der Waals surface area contributed by atoms with E-state index in [9.17, 15) is 9.59 Å². The second-order valence-electron chi connectivity index (χ2n) is 9.00. The number of carbonyl (C=O) groups is 2. The van der Waals surface area contributed by atoms with Crippen LogP contribution in [0.15, 0.2) is 15.7 Å². The molecule has 2 aromatic rings. The Labute approximate surface area is 173 Å². The molecule has 3 aliphatic carbocycles. The average Bonchev–Trinajstić information content (AvgIpc) is 3.09. The Morgan fingerprint density at radius 2 is 2.07 bits per heavy atom. The number of aromatic nitrogens is 2. The van der Waals surface area contributed by atoms with Crippen molar-refractivity contribution in [3.8, 4) is 11.5 Å². The Hall–Kier alpha value is -2.28. The highest BCUT2D eigenvalue weighted by Gasteiger charge is 2.38. The number of carbonyl (C=O) groups excluding carboxylic acids is 2. The van der Waals surface area contributed by atoms with Gasteiger partial charge in [0, 0.05) is 21.9 Å². The lowest BCUT2D eigenvalue weighted by Crippen LogP contribution is -2.23. The summed E-state index contributed by atoms with van der Waals surface area (Å²) in [5.41, 5.74) is 3.33. The topological polar surface area (TPSA) is 85.1 Å². The number of aryl methyl sites for hydroxylation is 1. The van der Waals surface area contributed by atoms with E-state index in [4.69, 9.17) is 9.51 Å². The zero-order valence-corrected chi connectivity index (χ0v) is 17.7. The van der Waals surface area contributed by atoms with Gasteiger partial charge in [-0.2, -0.15) is 4.98 Å². The van der Waals surface area contributed by atoms with Gasteiger partial charge in [-0.1, -0.05) is 19.0 Å². The van der Waals surface area contributed by atoms with E-state index < -0.39 is 0 Å². The fourth-order valence-corrected chi connectivity index (χ4v) is 6.07. The van der Waals surface area contributed by atoms with E-state index in [0.29, 0.717) is 35.8 Å². The summed E-state index contributed by atoms with van der Waals surface area (Å²) in [6.45, 7) is 4.49. The highest BCUT2D eigenvalue weighted by atomic mass is 32.1. The number of hydrogen-bond acceptors (Lipinski definition) is 6. The number of nitrogens with zero attached hydrogens (tertiary/aromatic N) is 2. The number of amides is 1. The van der Waals surface area contributed by atoms with Gasteiger partial charge in [-0.3, -0.25) is 9.59 Å². The van der Waals surface area contributed by atoms with Crippen LogP contribution >= 0.6 is 11.3 Å². The van der Waals surface area contributed by atoms with Crippen molar-refractivity contribution in [1.29, 1.82) is 0 Å². The molecule has 0 aromatic carbocycles. The van der Waals surface area contributed by atoms with Crippen LogP contribution in [0.1, 0.15) is 81.0 Å². The largest absolute Gasteiger partial charge is 0.334 e. The highest BCUT2D eigenvalue weighted by Crippen LogP contribution is 2.51. The lowest BCUT2D eigenvalue weighted by Gasteiger charge is -2.30. The minimum Gasteiger partial charge on any atom is -0.334 e. The average molecular weight is 412 g/mol. The number of thiophene rings is 1. The summed E-state index contributed by atoms with van der Waals surface area (Å²) in [5.74, 6) is 1.51. The molecular weight excluding hydrogens is 386 g/mol. The smallest absolute Gasteiger partial charge is 0.261 e. The first-order valence-electron chi connectivity index (χ1n) is 10.5. The number of fused-ring (bicyclic) bond motifs is 1. The van der Waals surface area contributed by atoms with E-state index in [1.165, 1.54) is 10.4 Å². The van der Waals surface area contributed by atoms with Crippen molar-refractivity contribution in [3.63, 3.8) is 0 Å². The molecule has 0 atom stereocenters. The van der Waals surface area contributed by atoms with Gasteiger partial charge >= 0.3 is 0 Å². The van der Waals surface area contributed by atoms with E-state index in [2.05, 4.69) is 24.3 Å². The van der Waals surface area contributed by atoms with Gasteiger partial charge in [-0.25, -0.2) is 0 Å². The van der Waals surface area contributed by atoms with E-state index in [1.807, 2.05) is 0 Å². The first kappa shape index (κ1) is 18.7. The number of nitrogens with one attached hydrogen (secondary N) is 1. The van der Waals surface area contributed by atoms with E-state index in [0.717, 1.165) is 61.2 Å². The molecule has 1 saturated carbocycles. The minimum atomic E-state index is -0.177. The monoisotopic (exact) mass is 411 g/mol. The van der Waals surface area contributed by atoms with Crippen molar-refractivity contribution >= 4 is 28.5 Å². The lowest BCUT2D eigenvalue weighted by atomic mass is 9.74. The van der Waals surface area contributed by atoms with Crippen LogP contribution in [0.4, 0.5) is 5.00 Å². The van der Waals surface area contributed by atoms with Crippen LogP contribution in [0.2, 0.25) is 0 Å². The Morgan fingerprint density at radius 3 is 2.83 bits per heavy atom. The van der Waals surface area contributed by atoms with Crippen LogP contribution in [0, 0.1) is 0 Å². The SMILES string of the molecule is CC1(C)CCCc2sc(NC(=O)C3=C(C=O)CCC3)c(-c3nc(C4CC4)no3)c21. The number of allylic oxidation sites excluding steroid dienone is 1. The molecule has 6 nitrogen and oxygen atoms in total. The quantitative estimate of drug-likeness (QED) is 0.707. The van der Waals surface area contributed by atoms with E-state index in [1.54, 1.807) is 11.3 Å². The molecule has 0 radical (unpaired) electrons. The third kappa shape index (κ3) is 3.25. The lowest BCUT2D eigenvalue weighted by molar-refractivity contribution is -0.113. The Morgan fingerprint density at radius 1 is 1.24 bits per heavy atom. The molecule has 5 rings (SSSR count). The molecule has 29 heavy (non-hydrogen) atoms. The second-order valence-corrected chi connectivity index (χ2v) is 10.1. The summed E-state index contributed by atoms with van der Waals surface area (Å²) in [4.78, 5) is 30.3. The molecule has 0 bridgehead atoms. The molecule has 1 fully saturated rings. The van der Waals surface area contributed by atoms with Crippen molar-refractivity contribution in [2.45, 2.75) is 76.5 Å². The fraction of sp³-hybridized carbons (Fsp3) is 0.545. The summed E-state index contributed by atoms with van der Waals surface area (Å²) in [6, 6.07) is 0. The molecule has 0 saturated heterocycles. The molecule has 0 spiro atoms. The second kappa shape index (κ2) is 6.90. The maximum absolute atomic E-state index is 13.0. The molecule has 1 N–H and O–H groups in total. The predicted molar refractivity (Wildman–Crippen MR) is 111 cm³/mol. The molecule has 152 valence electrons. The molecule has 2 heterocycles. The Bertz CT molecular complexity index is 1030. The predicted octanol–water partition coefficient (Wildman–Crippen LogP) is 4.91. The minimum absolute atomic E-state index is 0.0167. The van der Waals surface area contributed by atoms with Crippen molar-refractivity contribution < 1.29 is 14.1 Å². The van der Waals surface area contributed by atoms with Gasteiger partial charge in [-0.05, 0) is 62.3 Å². The van der Waals surface area contributed by atoms with Crippen LogP contribution in [0.5, 0.6) is 0 Å². The summed E-state index contributed by atoms with van der Waals surface area (Å²) >= 11 is 1.62. The fourth-order valence-electron chi connectivity index (χ4n) is 4.66. The third-order valence-electron chi connectivity index (χ3n) is 6.37. The van der Waals surface area contributed by atoms with Gasteiger partial charge in [0.1, 0.15) is 11.3 Å². The maximum Gasteiger partial charge on any atom is 0.261 e. The zero-order chi connectivity index (χ0) is 20.2. The van der Waals surface area contributed by atoms with Gasteiger partial charge < -0.3 is 9.84 Å². The molecule has 3 aliphatic rings. The van der Waals surface area contributed by atoms with Gasteiger partial charge in [0.05, 0.1) is 5.56 Å². The van der Waals surface area contributed by atoms with Crippen molar-refractivity contribution in [2.24, 2.45) is 0 Å². The molecular formula is C22H25N3O3S. The zero-order valence-electron chi connectivity index (χ0n) is 16.8. The number of rotatable bonds is 5. The third-order valence-corrected chi connectivity index (χ3v) is 7.53. The molecule has 2 aromatic heterocycles.